The fraction of sp³-hybridized carbons (Fsp3) is 0.300. The van der Waals surface area contributed by atoms with Gasteiger partial charge in [-0.2, -0.15) is 0 Å². The van der Waals surface area contributed by atoms with E-state index in [4.69, 9.17) is 4.74 Å². The zero-order valence-electron chi connectivity index (χ0n) is 14.8. The number of carbonyl (C=O) groups excluding carboxylic acids is 1. The average molecular weight is 385 g/mol. The first-order valence-electron chi connectivity index (χ1n) is 8.63. The van der Waals surface area contributed by atoms with Gasteiger partial charge in [0, 0.05) is 6.54 Å². The number of methoxy groups -OCH3 is 1. The van der Waals surface area contributed by atoms with E-state index in [0.717, 1.165) is 51.2 Å². The lowest BCUT2D eigenvalue weighted by Crippen LogP contribution is -2.30. The van der Waals surface area contributed by atoms with Crippen LogP contribution in [0, 0.1) is 6.92 Å². The number of thiazole rings is 1. The van der Waals surface area contributed by atoms with Crippen molar-refractivity contribution in [2.45, 2.75) is 25.8 Å². The molecule has 1 aromatic carbocycles. The van der Waals surface area contributed by atoms with Gasteiger partial charge in [0.15, 0.2) is 0 Å². The highest BCUT2D eigenvalue weighted by molar-refractivity contribution is 7.22. The Morgan fingerprint density at radius 2 is 2.08 bits per heavy atom. The Bertz CT molecular complexity index is 901. The minimum absolute atomic E-state index is 0.0983. The standard InChI is InChI=1S/C20H20N2O2S2/c1-13-18(26-19(21-13)17-6-4-12-25-17)20(23)22-11-3-5-16(22)14-7-9-15(24-2)10-8-14/h4,6-10,12,16H,3,5,11H2,1-2H3. The maximum absolute atomic E-state index is 13.2. The molecule has 4 nitrogen and oxygen atoms in total. The lowest BCUT2D eigenvalue weighted by Gasteiger charge is -2.25. The second kappa shape index (κ2) is 7.21. The molecular formula is C20H20N2O2S2. The molecule has 0 radical (unpaired) electrons. The number of carbonyl (C=O) groups is 1. The van der Waals surface area contributed by atoms with E-state index in [1.807, 2.05) is 41.5 Å². The van der Waals surface area contributed by atoms with Crippen LogP contribution in [0.1, 0.15) is 39.8 Å². The number of aryl methyl sites for hydroxylation is 1. The molecule has 3 heterocycles. The number of nitrogens with zero attached hydrogens (tertiary/aromatic N) is 2. The first kappa shape index (κ1) is 17.2. The molecular weight excluding hydrogens is 364 g/mol. The number of amides is 1. The third kappa shape index (κ3) is 3.15. The van der Waals surface area contributed by atoms with E-state index in [9.17, 15) is 4.79 Å². The van der Waals surface area contributed by atoms with Gasteiger partial charge in [0.05, 0.1) is 23.7 Å². The molecule has 2 aromatic heterocycles. The van der Waals surface area contributed by atoms with Crippen molar-refractivity contribution in [2.75, 3.05) is 13.7 Å². The Kier molecular flexibility index (Phi) is 4.78. The lowest BCUT2D eigenvalue weighted by atomic mass is 10.0. The van der Waals surface area contributed by atoms with E-state index in [0.29, 0.717) is 0 Å². The van der Waals surface area contributed by atoms with Gasteiger partial charge in [-0.05, 0) is 48.9 Å². The highest BCUT2D eigenvalue weighted by atomic mass is 32.1. The van der Waals surface area contributed by atoms with Crippen molar-refractivity contribution < 1.29 is 9.53 Å². The van der Waals surface area contributed by atoms with Crippen molar-refractivity contribution >= 4 is 28.6 Å². The third-order valence-corrected chi connectivity index (χ3v) is 6.92. The van der Waals surface area contributed by atoms with E-state index in [1.54, 1.807) is 18.4 Å². The Balaban J connectivity index is 1.60. The van der Waals surface area contributed by atoms with E-state index in [1.165, 1.54) is 11.3 Å². The van der Waals surface area contributed by atoms with Crippen molar-refractivity contribution in [1.82, 2.24) is 9.88 Å². The predicted octanol–water partition coefficient (Wildman–Crippen LogP) is 5.17. The summed E-state index contributed by atoms with van der Waals surface area (Å²) in [5, 5.41) is 2.97. The molecule has 6 heteroatoms. The van der Waals surface area contributed by atoms with E-state index < -0.39 is 0 Å². The number of hydrogen-bond donors (Lipinski definition) is 0. The van der Waals surface area contributed by atoms with Crippen molar-refractivity contribution in [2.24, 2.45) is 0 Å². The van der Waals surface area contributed by atoms with Gasteiger partial charge in [-0.15, -0.1) is 22.7 Å². The molecule has 1 amide bonds. The Morgan fingerprint density at radius 1 is 1.27 bits per heavy atom. The number of likely N-dealkylation sites (tertiary alicyclic amines) is 1. The van der Waals surface area contributed by atoms with Crippen LogP contribution in [0.15, 0.2) is 41.8 Å². The molecule has 1 unspecified atom stereocenters. The molecule has 0 spiro atoms. The topological polar surface area (TPSA) is 42.4 Å². The Morgan fingerprint density at radius 3 is 2.77 bits per heavy atom. The molecule has 1 aliphatic rings. The van der Waals surface area contributed by atoms with Gasteiger partial charge in [-0.1, -0.05) is 18.2 Å². The molecule has 3 aromatic rings. The van der Waals surface area contributed by atoms with Gasteiger partial charge in [0.25, 0.3) is 5.91 Å². The molecule has 0 N–H and O–H groups in total. The first-order valence-corrected chi connectivity index (χ1v) is 10.3. The molecule has 0 aliphatic carbocycles. The summed E-state index contributed by atoms with van der Waals surface area (Å²) in [7, 11) is 1.66. The monoisotopic (exact) mass is 384 g/mol. The van der Waals surface area contributed by atoms with Crippen molar-refractivity contribution in [1.29, 1.82) is 0 Å². The van der Waals surface area contributed by atoms with E-state index in [-0.39, 0.29) is 11.9 Å². The molecule has 4 rings (SSSR count). The Labute approximate surface area is 161 Å². The van der Waals surface area contributed by atoms with Crippen molar-refractivity contribution in [3.63, 3.8) is 0 Å². The van der Waals surface area contributed by atoms with Crippen LogP contribution < -0.4 is 4.74 Å². The molecule has 1 saturated heterocycles. The molecule has 1 aliphatic heterocycles. The number of hydrogen-bond acceptors (Lipinski definition) is 5. The number of benzene rings is 1. The van der Waals surface area contributed by atoms with Crippen molar-refractivity contribution in [3.8, 4) is 15.6 Å². The van der Waals surface area contributed by atoms with Gasteiger partial charge in [-0.25, -0.2) is 4.98 Å². The van der Waals surface area contributed by atoms with Crippen LogP contribution in [0.2, 0.25) is 0 Å². The van der Waals surface area contributed by atoms with Crippen LogP contribution >= 0.6 is 22.7 Å². The van der Waals surface area contributed by atoms with Gasteiger partial charge < -0.3 is 9.64 Å². The quantitative estimate of drug-likeness (QED) is 0.623. The summed E-state index contributed by atoms with van der Waals surface area (Å²) < 4.78 is 5.24. The SMILES string of the molecule is COc1ccc(C2CCCN2C(=O)c2sc(-c3cccs3)nc2C)cc1. The van der Waals surface area contributed by atoms with Crippen LogP contribution in [0.5, 0.6) is 5.75 Å². The summed E-state index contributed by atoms with van der Waals surface area (Å²) in [4.78, 5) is 21.7. The number of thiophene rings is 1. The molecule has 134 valence electrons. The second-order valence-corrected chi connectivity index (χ2v) is 8.29. The maximum atomic E-state index is 13.2. The van der Waals surface area contributed by atoms with E-state index in [2.05, 4.69) is 17.1 Å². The summed E-state index contributed by atoms with van der Waals surface area (Å²) in [6, 6.07) is 12.2. The van der Waals surface area contributed by atoms with Crippen molar-refractivity contribution in [3.05, 3.63) is 57.9 Å². The predicted molar refractivity (Wildman–Crippen MR) is 106 cm³/mol. The van der Waals surface area contributed by atoms with Gasteiger partial charge >= 0.3 is 0 Å². The Hall–Kier alpha value is -2.18. The molecule has 0 saturated carbocycles. The fourth-order valence-electron chi connectivity index (χ4n) is 3.41. The van der Waals surface area contributed by atoms with Crippen LogP contribution in [0.25, 0.3) is 9.88 Å². The summed E-state index contributed by atoms with van der Waals surface area (Å²) in [6.07, 6.45) is 2.02. The minimum atomic E-state index is 0.0983. The third-order valence-electron chi connectivity index (χ3n) is 4.74. The fourth-order valence-corrected chi connectivity index (χ4v) is 5.23. The molecule has 1 fully saturated rings. The largest absolute Gasteiger partial charge is 0.497 e. The minimum Gasteiger partial charge on any atom is -0.497 e. The zero-order valence-corrected chi connectivity index (χ0v) is 16.4. The highest BCUT2D eigenvalue weighted by Gasteiger charge is 2.32. The summed E-state index contributed by atoms with van der Waals surface area (Å²) in [5.74, 6) is 0.935. The first-order chi connectivity index (χ1) is 12.7. The van der Waals surface area contributed by atoms with Crippen LogP contribution in [-0.4, -0.2) is 29.4 Å². The second-order valence-electron chi connectivity index (χ2n) is 6.34. The van der Waals surface area contributed by atoms with Crippen LogP contribution in [-0.2, 0) is 0 Å². The van der Waals surface area contributed by atoms with E-state index >= 15 is 0 Å². The number of rotatable bonds is 4. The van der Waals surface area contributed by atoms with Crippen LogP contribution in [0.4, 0.5) is 0 Å². The summed E-state index contributed by atoms with van der Waals surface area (Å²) >= 11 is 3.16. The number of aromatic nitrogens is 1. The normalized spacial score (nSPS) is 16.8. The smallest absolute Gasteiger partial charge is 0.266 e. The highest BCUT2D eigenvalue weighted by Crippen LogP contribution is 2.37. The molecule has 0 bridgehead atoms. The summed E-state index contributed by atoms with van der Waals surface area (Å²) in [5.41, 5.74) is 1.99. The van der Waals surface area contributed by atoms with Gasteiger partial charge in [0.2, 0.25) is 0 Å². The van der Waals surface area contributed by atoms with Crippen LogP contribution in [0.3, 0.4) is 0 Å². The summed E-state index contributed by atoms with van der Waals surface area (Å²) in [6.45, 7) is 2.72. The zero-order chi connectivity index (χ0) is 18.1. The maximum Gasteiger partial charge on any atom is 0.266 e. The van der Waals surface area contributed by atoms with Gasteiger partial charge in [0.1, 0.15) is 15.6 Å². The molecule has 26 heavy (non-hydrogen) atoms. The lowest BCUT2D eigenvalue weighted by molar-refractivity contribution is 0.0739. The molecule has 1 atom stereocenters. The number of ether oxygens (including phenoxy) is 1. The van der Waals surface area contributed by atoms with Gasteiger partial charge in [-0.3, -0.25) is 4.79 Å². The average Bonchev–Trinajstić information content (AvgIpc) is 3.41.